The van der Waals surface area contributed by atoms with Gasteiger partial charge in [0.05, 0.1) is 23.6 Å². The van der Waals surface area contributed by atoms with Crippen molar-refractivity contribution < 1.29 is 4.42 Å². The third-order valence-electron chi connectivity index (χ3n) is 4.46. The van der Waals surface area contributed by atoms with Crippen molar-refractivity contribution >= 4 is 11.0 Å². The van der Waals surface area contributed by atoms with E-state index < -0.39 is 0 Å². The molecule has 126 valence electrons. The first-order valence-electron chi connectivity index (χ1n) is 8.36. The lowest BCUT2D eigenvalue weighted by atomic mass is 10.2. The summed E-state index contributed by atoms with van der Waals surface area (Å²) in [5.74, 6) is 0.958. The van der Waals surface area contributed by atoms with Crippen LogP contribution in [0.1, 0.15) is 24.4 Å². The summed E-state index contributed by atoms with van der Waals surface area (Å²) in [4.78, 5) is 3.87. The van der Waals surface area contributed by atoms with Crippen LogP contribution < -0.4 is 0 Å². The van der Waals surface area contributed by atoms with E-state index in [1.54, 1.807) is 4.80 Å². The predicted molar refractivity (Wildman–Crippen MR) is 97.5 cm³/mol. The van der Waals surface area contributed by atoms with Crippen molar-refractivity contribution in [1.29, 1.82) is 0 Å². The van der Waals surface area contributed by atoms with E-state index >= 15 is 0 Å². The molecular formula is C20H20N4O. The van der Waals surface area contributed by atoms with Gasteiger partial charge in [-0.1, -0.05) is 36.4 Å². The third kappa shape index (κ3) is 3.19. The fourth-order valence-corrected chi connectivity index (χ4v) is 2.87. The summed E-state index contributed by atoms with van der Waals surface area (Å²) < 4.78 is 5.98. The molecule has 2 aromatic heterocycles. The number of hydrogen-bond acceptors (Lipinski definition) is 4. The van der Waals surface area contributed by atoms with Crippen LogP contribution in [0.25, 0.3) is 16.7 Å². The molecule has 0 radical (unpaired) electrons. The molecular weight excluding hydrogens is 312 g/mol. The number of furan rings is 1. The highest BCUT2D eigenvalue weighted by Crippen LogP contribution is 2.27. The molecule has 0 N–H and O–H groups in total. The number of hydrogen-bond donors (Lipinski definition) is 0. The smallest absolute Gasteiger partial charge is 0.134 e. The highest BCUT2D eigenvalue weighted by Gasteiger charge is 2.17. The average molecular weight is 332 g/mol. The van der Waals surface area contributed by atoms with Crippen LogP contribution in [0.2, 0.25) is 0 Å². The van der Waals surface area contributed by atoms with E-state index in [9.17, 15) is 0 Å². The number of benzene rings is 2. The Morgan fingerprint density at radius 2 is 1.84 bits per heavy atom. The van der Waals surface area contributed by atoms with Crippen molar-refractivity contribution in [3.8, 4) is 5.69 Å². The van der Waals surface area contributed by atoms with Crippen LogP contribution in [0.5, 0.6) is 0 Å². The number of aromatic nitrogens is 3. The summed E-state index contributed by atoms with van der Waals surface area (Å²) in [6.45, 7) is 2.84. The molecule has 2 heterocycles. The summed E-state index contributed by atoms with van der Waals surface area (Å²) in [6, 6.07) is 20.3. The van der Waals surface area contributed by atoms with Gasteiger partial charge in [-0.05, 0) is 38.2 Å². The third-order valence-corrected chi connectivity index (χ3v) is 4.46. The molecule has 0 amide bonds. The second-order valence-electron chi connectivity index (χ2n) is 6.24. The van der Waals surface area contributed by atoms with Crippen molar-refractivity contribution in [2.75, 3.05) is 7.05 Å². The standard InChI is InChI=1S/C20H20N4O/c1-15(20-12-16-8-6-7-11-19(16)25-20)23(2)14-17-13-21-24(22-17)18-9-4-3-5-10-18/h3-13,15H,14H2,1-2H3/t15-/m1/s1. The molecule has 0 aliphatic heterocycles. The summed E-state index contributed by atoms with van der Waals surface area (Å²) in [7, 11) is 2.07. The van der Waals surface area contributed by atoms with Crippen LogP contribution in [0.15, 0.2) is 71.3 Å². The quantitative estimate of drug-likeness (QED) is 0.549. The minimum Gasteiger partial charge on any atom is -0.459 e. The lowest BCUT2D eigenvalue weighted by Gasteiger charge is -2.21. The van der Waals surface area contributed by atoms with Crippen LogP contribution in [0, 0.1) is 0 Å². The van der Waals surface area contributed by atoms with Crippen LogP contribution in [-0.4, -0.2) is 26.9 Å². The van der Waals surface area contributed by atoms with Gasteiger partial charge in [0.1, 0.15) is 11.3 Å². The van der Waals surface area contributed by atoms with Gasteiger partial charge in [0.25, 0.3) is 0 Å². The minimum absolute atomic E-state index is 0.147. The Labute approximate surface area is 146 Å². The first kappa shape index (κ1) is 15.6. The Morgan fingerprint density at radius 1 is 1.08 bits per heavy atom. The van der Waals surface area contributed by atoms with E-state index in [0.29, 0.717) is 6.54 Å². The van der Waals surface area contributed by atoms with Crippen LogP contribution in [0.3, 0.4) is 0 Å². The molecule has 2 aromatic carbocycles. The zero-order chi connectivity index (χ0) is 17.2. The van der Waals surface area contributed by atoms with Gasteiger partial charge >= 0.3 is 0 Å². The Bertz CT molecular complexity index is 940. The van der Waals surface area contributed by atoms with Crippen LogP contribution in [0.4, 0.5) is 0 Å². The molecule has 0 saturated carbocycles. The van der Waals surface area contributed by atoms with Crippen LogP contribution in [-0.2, 0) is 6.54 Å². The first-order chi connectivity index (χ1) is 12.2. The maximum atomic E-state index is 5.98. The Kier molecular flexibility index (Phi) is 4.07. The zero-order valence-corrected chi connectivity index (χ0v) is 14.3. The predicted octanol–water partition coefficient (Wildman–Crippen LogP) is 4.21. The lowest BCUT2D eigenvalue weighted by molar-refractivity contribution is 0.224. The monoisotopic (exact) mass is 332 g/mol. The maximum absolute atomic E-state index is 5.98. The molecule has 0 aliphatic rings. The first-order valence-corrected chi connectivity index (χ1v) is 8.36. The number of para-hydroxylation sites is 2. The molecule has 4 aromatic rings. The van der Waals surface area contributed by atoms with Gasteiger partial charge in [-0.15, -0.1) is 0 Å². The largest absolute Gasteiger partial charge is 0.459 e. The Hall–Kier alpha value is -2.92. The topological polar surface area (TPSA) is 47.1 Å². The molecule has 25 heavy (non-hydrogen) atoms. The van der Waals surface area contributed by atoms with Gasteiger partial charge in [0.15, 0.2) is 0 Å². The lowest BCUT2D eigenvalue weighted by Crippen LogP contribution is -2.21. The van der Waals surface area contributed by atoms with Crippen molar-refractivity contribution in [3.63, 3.8) is 0 Å². The van der Waals surface area contributed by atoms with Gasteiger partial charge in [0.2, 0.25) is 0 Å². The highest BCUT2D eigenvalue weighted by atomic mass is 16.3. The highest BCUT2D eigenvalue weighted by molar-refractivity contribution is 5.77. The summed E-state index contributed by atoms with van der Waals surface area (Å²) in [5.41, 5.74) is 2.81. The molecule has 5 nitrogen and oxygen atoms in total. The van der Waals surface area contributed by atoms with E-state index in [4.69, 9.17) is 4.42 Å². The van der Waals surface area contributed by atoms with E-state index in [1.165, 1.54) is 0 Å². The molecule has 5 heteroatoms. The number of nitrogens with zero attached hydrogens (tertiary/aromatic N) is 4. The molecule has 0 unspecified atom stereocenters. The van der Waals surface area contributed by atoms with Crippen molar-refractivity contribution in [2.45, 2.75) is 19.5 Å². The van der Waals surface area contributed by atoms with Crippen molar-refractivity contribution in [3.05, 3.63) is 78.3 Å². The molecule has 0 fully saturated rings. The SMILES string of the molecule is C[C@H](c1cc2ccccc2o1)N(C)Cc1cnn(-c2ccccc2)n1. The van der Waals surface area contributed by atoms with Gasteiger partial charge in [0, 0.05) is 11.9 Å². The van der Waals surface area contributed by atoms with Gasteiger partial charge < -0.3 is 4.42 Å². The van der Waals surface area contributed by atoms with Gasteiger partial charge in [-0.3, -0.25) is 4.90 Å². The summed E-state index contributed by atoms with van der Waals surface area (Å²) >= 11 is 0. The van der Waals surface area contributed by atoms with Crippen molar-refractivity contribution in [1.82, 2.24) is 19.9 Å². The fourth-order valence-electron chi connectivity index (χ4n) is 2.87. The Balaban J connectivity index is 1.49. The molecule has 1 atom stereocenters. The Morgan fingerprint density at radius 3 is 2.64 bits per heavy atom. The van der Waals surface area contributed by atoms with Crippen molar-refractivity contribution in [2.24, 2.45) is 0 Å². The van der Waals surface area contributed by atoms with E-state index in [2.05, 4.69) is 41.2 Å². The molecule has 0 saturated heterocycles. The molecule has 0 bridgehead atoms. The summed E-state index contributed by atoms with van der Waals surface area (Å²) in [6.07, 6.45) is 1.81. The number of rotatable bonds is 5. The van der Waals surface area contributed by atoms with E-state index in [0.717, 1.165) is 28.1 Å². The van der Waals surface area contributed by atoms with Crippen LogP contribution >= 0.6 is 0 Å². The maximum Gasteiger partial charge on any atom is 0.134 e. The fraction of sp³-hybridized carbons (Fsp3) is 0.200. The molecule has 0 aliphatic carbocycles. The van der Waals surface area contributed by atoms with E-state index in [1.807, 2.05) is 54.7 Å². The van der Waals surface area contributed by atoms with Gasteiger partial charge in [-0.25, -0.2) is 0 Å². The number of fused-ring (bicyclic) bond motifs is 1. The summed E-state index contributed by atoms with van der Waals surface area (Å²) in [5, 5.41) is 10.1. The second kappa shape index (κ2) is 6.53. The molecule has 0 spiro atoms. The normalized spacial score (nSPS) is 12.8. The average Bonchev–Trinajstić information content (AvgIpc) is 3.28. The van der Waals surface area contributed by atoms with E-state index in [-0.39, 0.29) is 6.04 Å². The zero-order valence-electron chi connectivity index (χ0n) is 14.3. The molecule has 4 rings (SSSR count). The van der Waals surface area contributed by atoms with Gasteiger partial charge in [-0.2, -0.15) is 15.0 Å². The minimum atomic E-state index is 0.147. The second-order valence-corrected chi connectivity index (χ2v) is 6.24.